The Morgan fingerprint density at radius 3 is 2.15 bits per heavy atom. The molecule has 0 aromatic heterocycles. The minimum absolute atomic E-state index is 0. The zero-order valence-corrected chi connectivity index (χ0v) is 17.4. The average molecular weight is 475 g/mol. The number of nitrogens with one attached hydrogen (secondary N) is 2. The lowest BCUT2D eigenvalue weighted by molar-refractivity contribution is 0.321. The Balaban J connectivity index is 0.00000338. The van der Waals surface area contributed by atoms with Gasteiger partial charge < -0.3 is 15.4 Å². The number of ether oxygens (including phenoxy) is 1. The molecule has 0 spiro atoms. The van der Waals surface area contributed by atoms with E-state index in [9.17, 15) is 8.78 Å². The molecule has 2 aromatic carbocycles. The van der Waals surface area contributed by atoms with Crippen LogP contribution in [0, 0.1) is 18.6 Å². The lowest BCUT2D eigenvalue weighted by Crippen LogP contribution is -2.36. The third-order valence-corrected chi connectivity index (χ3v) is 3.66. The van der Waals surface area contributed by atoms with E-state index in [1.54, 1.807) is 38.2 Å². The molecule has 0 amide bonds. The van der Waals surface area contributed by atoms with Gasteiger partial charge in [0, 0.05) is 20.1 Å². The lowest BCUT2D eigenvalue weighted by Gasteiger charge is -2.13. The van der Waals surface area contributed by atoms with Crippen molar-refractivity contribution >= 4 is 29.9 Å². The number of guanidine groups is 1. The fraction of sp³-hybridized carbons (Fsp3) is 0.316. The highest BCUT2D eigenvalue weighted by Crippen LogP contribution is 2.18. The highest BCUT2D eigenvalue weighted by molar-refractivity contribution is 14.0. The second kappa shape index (κ2) is 10.9. The van der Waals surface area contributed by atoms with Crippen molar-refractivity contribution in [1.82, 2.24) is 10.6 Å². The SMILES string of the molecule is CCOc1ccc(CNC(=NC)NCc2ccc(F)c(C)c2)cc1F.I. The van der Waals surface area contributed by atoms with Gasteiger partial charge in [0.25, 0.3) is 0 Å². The first-order valence-corrected chi connectivity index (χ1v) is 8.14. The van der Waals surface area contributed by atoms with Crippen molar-refractivity contribution in [3.05, 3.63) is 64.7 Å². The number of benzene rings is 2. The third kappa shape index (κ3) is 6.44. The number of nitrogens with zero attached hydrogens (tertiary/aromatic N) is 1. The molecule has 2 aromatic rings. The molecule has 142 valence electrons. The van der Waals surface area contributed by atoms with Crippen LogP contribution in [-0.2, 0) is 13.1 Å². The maximum Gasteiger partial charge on any atom is 0.191 e. The quantitative estimate of drug-likeness (QED) is 0.375. The predicted octanol–water partition coefficient (Wildman–Crippen LogP) is 4.16. The number of hydrogen-bond donors (Lipinski definition) is 2. The Kier molecular flexibility index (Phi) is 9.32. The highest BCUT2D eigenvalue weighted by atomic mass is 127. The summed E-state index contributed by atoms with van der Waals surface area (Å²) < 4.78 is 32.3. The Labute approximate surface area is 170 Å². The van der Waals surface area contributed by atoms with Crippen LogP contribution < -0.4 is 15.4 Å². The average Bonchev–Trinajstić information content (AvgIpc) is 2.60. The fourth-order valence-electron chi connectivity index (χ4n) is 2.34. The summed E-state index contributed by atoms with van der Waals surface area (Å²) in [5, 5.41) is 6.26. The van der Waals surface area contributed by atoms with E-state index in [4.69, 9.17) is 4.74 Å². The zero-order chi connectivity index (χ0) is 18.2. The minimum atomic E-state index is -0.383. The summed E-state index contributed by atoms with van der Waals surface area (Å²) >= 11 is 0. The van der Waals surface area contributed by atoms with E-state index in [0.29, 0.717) is 31.2 Å². The smallest absolute Gasteiger partial charge is 0.191 e. The molecular weight excluding hydrogens is 451 g/mol. The van der Waals surface area contributed by atoms with Gasteiger partial charge in [-0.25, -0.2) is 8.78 Å². The molecule has 0 unspecified atom stereocenters. The van der Waals surface area contributed by atoms with E-state index in [0.717, 1.165) is 11.1 Å². The maximum absolute atomic E-state index is 13.9. The van der Waals surface area contributed by atoms with Gasteiger partial charge in [0.15, 0.2) is 17.5 Å². The molecule has 4 nitrogen and oxygen atoms in total. The molecule has 0 radical (unpaired) electrons. The van der Waals surface area contributed by atoms with E-state index in [2.05, 4.69) is 15.6 Å². The van der Waals surface area contributed by atoms with Crippen LogP contribution in [0.15, 0.2) is 41.4 Å². The first-order chi connectivity index (χ1) is 12.0. The van der Waals surface area contributed by atoms with Crippen molar-refractivity contribution in [3.8, 4) is 5.75 Å². The zero-order valence-electron chi connectivity index (χ0n) is 15.1. The summed E-state index contributed by atoms with van der Waals surface area (Å²) in [6.45, 7) is 4.90. The van der Waals surface area contributed by atoms with Gasteiger partial charge in [-0.3, -0.25) is 4.99 Å². The summed E-state index contributed by atoms with van der Waals surface area (Å²) in [5.41, 5.74) is 2.34. The van der Waals surface area contributed by atoms with E-state index >= 15 is 0 Å². The van der Waals surface area contributed by atoms with Gasteiger partial charge in [0.1, 0.15) is 5.82 Å². The normalized spacial score (nSPS) is 10.9. The second-order valence-electron chi connectivity index (χ2n) is 5.56. The Bertz CT molecular complexity index is 754. The second-order valence-corrected chi connectivity index (χ2v) is 5.56. The predicted molar refractivity (Wildman–Crippen MR) is 111 cm³/mol. The number of rotatable bonds is 6. The van der Waals surface area contributed by atoms with E-state index in [1.807, 2.05) is 6.92 Å². The van der Waals surface area contributed by atoms with Crippen molar-refractivity contribution in [3.63, 3.8) is 0 Å². The van der Waals surface area contributed by atoms with Crippen LogP contribution in [0.4, 0.5) is 8.78 Å². The van der Waals surface area contributed by atoms with Crippen LogP contribution in [0.5, 0.6) is 5.75 Å². The van der Waals surface area contributed by atoms with Crippen molar-refractivity contribution in [1.29, 1.82) is 0 Å². The molecule has 7 heteroatoms. The van der Waals surface area contributed by atoms with Crippen molar-refractivity contribution in [2.75, 3.05) is 13.7 Å². The standard InChI is InChI=1S/C19H23F2N3O.HI/c1-4-25-18-8-6-15(10-17(18)21)12-24-19(22-3)23-11-14-5-7-16(20)13(2)9-14;/h5-10H,4,11-12H2,1-3H3,(H2,22,23,24);1H. The molecule has 0 atom stereocenters. The minimum Gasteiger partial charge on any atom is -0.491 e. The summed E-state index contributed by atoms with van der Waals surface area (Å²) in [5.74, 6) is 0.228. The van der Waals surface area contributed by atoms with Gasteiger partial charge in [-0.1, -0.05) is 18.2 Å². The van der Waals surface area contributed by atoms with Crippen LogP contribution >= 0.6 is 24.0 Å². The largest absolute Gasteiger partial charge is 0.491 e. The molecule has 26 heavy (non-hydrogen) atoms. The van der Waals surface area contributed by atoms with Crippen LogP contribution in [-0.4, -0.2) is 19.6 Å². The van der Waals surface area contributed by atoms with Crippen molar-refractivity contribution in [2.45, 2.75) is 26.9 Å². The summed E-state index contributed by atoms with van der Waals surface area (Å²) in [6, 6.07) is 9.83. The van der Waals surface area contributed by atoms with Crippen molar-refractivity contribution in [2.24, 2.45) is 4.99 Å². The van der Waals surface area contributed by atoms with Crippen LogP contribution in [0.25, 0.3) is 0 Å². The molecule has 0 saturated heterocycles. The fourth-order valence-corrected chi connectivity index (χ4v) is 2.34. The number of halogens is 3. The number of aliphatic imine (C=N–C) groups is 1. The molecule has 0 fully saturated rings. The van der Waals surface area contributed by atoms with E-state index in [1.165, 1.54) is 12.1 Å². The Morgan fingerprint density at radius 1 is 1.00 bits per heavy atom. The summed E-state index contributed by atoms with van der Waals surface area (Å²) in [6.07, 6.45) is 0. The van der Waals surface area contributed by atoms with Crippen LogP contribution in [0.3, 0.4) is 0 Å². The van der Waals surface area contributed by atoms with Gasteiger partial charge in [-0.2, -0.15) is 0 Å². The first kappa shape index (κ1) is 22.1. The molecule has 0 heterocycles. The van der Waals surface area contributed by atoms with Gasteiger partial charge in [0.05, 0.1) is 6.61 Å². The molecule has 0 saturated carbocycles. The molecule has 0 aliphatic heterocycles. The van der Waals surface area contributed by atoms with E-state index in [-0.39, 0.29) is 41.4 Å². The topological polar surface area (TPSA) is 45.6 Å². The first-order valence-electron chi connectivity index (χ1n) is 8.14. The molecule has 2 rings (SSSR count). The monoisotopic (exact) mass is 475 g/mol. The number of aryl methyl sites for hydroxylation is 1. The lowest BCUT2D eigenvalue weighted by atomic mass is 10.1. The van der Waals surface area contributed by atoms with Gasteiger partial charge >= 0.3 is 0 Å². The van der Waals surface area contributed by atoms with Crippen LogP contribution in [0.1, 0.15) is 23.6 Å². The number of hydrogen-bond acceptors (Lipinski definition) is 2. The van der Waals surface area contributed by atoms with Crippen LogP contribution in [0.2, 0.25) is 0 Å². The van der Waals surface area contributed by atoms with Gasteiger partial charge in [-0.15, -0.1) is 24.0 Å². The molecule has 0 bridgehead atoms. The maximum atomic E-state index is 13.9. The highest BCUT2D eigenvalue weighted by Gasteiger charge is 2.05. The molecule has 2 N–H and O–H groups in total. The van der Waals surface area contributed by atoms with E-state index < -0.39 is 0 Å². The Hall–Kier alpha value is -1.90. The summed E-state index contributed by atoms with van der Waals surface area (Å²) in [7, 11) is 1.66. The third-order valence-electron chi connectivity index (χ3n) is 3.66. The molecule has 0 aliphatic carbocycles. The molecule has 0 aliphatic rings. The van der Waals surface area contributed by atoms with Gasteiger partial charge in [-0.05, 0) is 48.7 Å². The van der Waals surface area contributed by atoms with Gasteiger partial charge in [0.2, 0.25) is 0 Å². The summed E-state index contributed by atoms with van der Waals surface area (Å²) in [4.78, 5) is 4.13. The Morgan fingerprint density at radius 2 is 1.62 bits per heavy atom. The molecular formula is C19H24F2IN3O. The van der Waals surface area contributed by atoms with Crippen molar-refractivity contribution < 1.29 is 13.5 Å².